The van der Waals surface area contributed by atoms with Gasteiger partial charge in [0.25, 0.3) is 0 Å². The average Bonchev–Trinajstić information content (AvgIpc) is 2.33. The smallest absolute Gasteiger partial charge is 0.0112 e. The first-order chi connectivity index (χ1) is 8.88. The molecule has 0 aliphatic carbocycles. The second-order valence-corrected chi connectivity index (χ2v) is 6.61. The highest BCUT2D eigenvalue weighted by molar-refractivity contribution is 4.76. The number of rotatable bonds is 11. The van der Waals surface area contributed by atoms with Crippen LogP contribution in [0.15, 0.2) is 0 Å². The molecule has 0 aliphatic heterocycles. The van der Waals surface area contributed by atoms with Crippen LogP contribution in [0.3, 0.4) is 0 Å². The summed E-state index contributed by atoms with van der Waals surface area (Å²) in [5.41, 5.74) is 0. The van der Waals surface area contributed by atoms with E-state index in [4.69, 9.17) is 0 Å². The molecule has 0 rings (SSSR count). The Morgan fingerprint density at radius 2 is 1.63 bits per heavy atom. The molecule has 0 aliphatic rings. The largest absolute Gasteiger partial charge is 0.316 e. The lowest BCUT2D eigenvalue weighted by Gasteiger charge is -2.35. The minimum Gasteiger partial charge on any atom is -0.316 e. The van der Waals surface area contributed by atoms with E-state index < -0.39 is 0 Å². The molecule has 116 valence electrons. The average molecular weight is 271 g/mol. The molecule has 0 aromatic heterocycles. The van der Waals surface area contributed by atoms with Crippen molar-refractivity contribution in [3.8, 4) is 0 Å². The molecule has 0 aromatic rings. The van der Waals surface area contributed by atoms with E-state index in [-0.39, 0.29) is 0 Å². The van der Waals surface area contributed by atoms with E-state index in [2.05, 4.69) is 63.8 Å². The van der Waals surface area contributed by atoms with Gasteiger partial charge < -0.3 is 10.2 Å². The molecule has 1 N–H and O–H groups in total. The van der Waals surface area contributed by atoms with Crippen LogP contribution in [0.25, 0.3) is 0 Å². The summed E-state index contributed by atoms with van der Waals surface area (Å²) in [5.74, 6) is 1.44. The van der Waals surface area contributed by atoms with Crippen LogP contribution in [-0.2, 0) is 0 Å². The lowest BCUT2D eigenvalue weighted by atomic mass is 10.0. The summed E-state index contributed by atoms with van der Waals surface area (Å²) >= 11 is 0. The van der Waals surface area contributed by atoms with Gasteiger partial charge in [-0.15, -0.1) is 0 Å². The molecule has 0 saturated heterocycles. The predicted octanol–water partition coefficient (Wildman–Crippen LogP) is 2.53. The van der Waals surface area contributed by atoms with E-state index in [9.17, 15) is 0 Å². The van der Waals surface area contributed by atoms with Crippen molar-refractivity contribution < 1.29 is 0 Å². The number of hydrogen-bond donors (Lipinski definition) is 1. The van der Waals surface area contributed by atoms with Gasteiger partial charge in [-0.1, -0.05) is 27.7 Å². The summed E-state index contributed by atoms with van der Waals surface area (Å²) in [5, 5.41) is 3.55. The highest BCUT2D eigenvalue weighted by Crippen LogP contribution is 2.12. The monoisotopic (exact) mass is 271 g/mol. The van der Waals surface area contributed by atoms with Crippen molar-refractivity contribution in [2.24, 2.45) is 11.8 Å². The third-order valence-electron chi connectivity index (χ3n) is 3.73. The quantitative estimate of drug-likeness (QED) is 0.583. The van der Waals surface area contributed by atoms with Crippen LogP contribution < -0.4 is 5.32 Å². The summed E-state index contributed by atoms with van der Waals surface area (Å²) in [6.45, 7) is 17.4. The summed E-state index contributed by atoms with van der Waals surface area (Å²) < 4.78 is 0. The molecule has 0 aromatic carbocycles. The highest BCUT2D eigenvalue weighted by atomic mass is 15.2. The van der Waals surface area contributed by atoms with Crippen LogP contribution in [0.5, 0.6) is 0 Å². The van der Waals surface area contributed by atoms with Crippen LogP contribution in [0.4, 0.5) is 0 Å². The summed E-state index contributed by atoms with van der Waals surface area (Å²) in [6.07, 6.45) is 1.22. The second kappa shape index (κ2) is 10.6. The van der Waals surface area contributed by atoms with Crippen molar-refractivity contribution in [3.63, 3.8) is 0 Å². The van der Waals surface area contributed by atoms with E-state index in [0.29, 0.717) is 12.0 Å². The fourth-order valence-corrected chi connectivity index (χ4v) is 2.30. The Hall–Kier alpha value is -0.120. The van der Waals surface area contributed by atoms with Gasteiger partial charge in [0.2, 0.25) is 0 Å². The van der Waals surface area contributed by atoms with Crippen LogP contribution in [0.2, 0.25) is 0 Å². The molecule has 19 heavy (non-hydrogen) atoms. The third-order valence-corrected chi connectivity index (χ3v) is 3.73. The van der Waals surface area contributed by atoms with E-state index >= 15 is 0 Å². The molecule has 3 nitrogen and oxygen atoms in total. The van der Waals surface area contributed by atoms with Crippen LogP contribution in [-0.4, -0.2) is 62.7 Å². The SMILES string of the molecule is CCCNCC(C)C(C)N(CCN(C)C)CC(C)C. The Labute approximate surface area is 121 Å². The lowest BCUT2D eigenvalue weighted by molar-refractivity contribution is 0.132. The summed E-state index contributed by atoms with van der Waals surface area (Å²) in [7, 11) is 4.31. The van der Waals surface area contributed by atoms with Crippen molar-refractivity contribution in [2.75, 3.05) is 46.8 Å². The highest BCUT2D eigenvalue weighted by Gasteiger charge is 2.20. The van der Waals surface area contributed by atoms with Crippen LogP contribution >= 0.6 is 0 Å². The fourth-order valence-electron chi connectivity index (χ4n) is 2.30. The zero-order chi connectivity index (χ0) is 14.8. The van der Waals surface area contributed by atoms with Gasteiger partial charge in [0, 0.05) is 25.7 Å². The third kappa shape index (κ3) is 9.42. The minimum absolute atomic E-state index is 0.645. The van der Waals surface area contributed by atoms with Crippen molar-refractivity contribution in [3.05, 3.63) is 0 Å². The molecule has 0 radical (unpaired) electrons. The van der Waals surface area contributed by atoms with Gasteiger partial charge in [-0.3, -0.25) is 4.90 Å². The van der Waals surface area contributed by atoms with Gasteiger partial charge in [-0.25, -0.2) is 0 Å². The van der Waals surface area contributed by atoms with E-state index in [0.717, 1.165) is 25.6 Å². The molecule has 0 bridgehead atoms. The Kier molecular flexibility index (Phi) is 10.6. The van der Waals surface area contributed by atoms with Gasteiger partial charge in [-0.05, 0) is 52.4 Å². The van der Waals surface area contributed by atoms with Gasteiger partial charge in [-0.2, -0.15) is 0 Å². The molecule has 0 amide bonds. The fraction of sp³-hybridized carbons (Fsp3) is 1.00. The first-order valence-corrected chi connectivity index (χ1v) is 7.97. The van der Waals surface area contributed by atoms with Crippen molar-refractivity contribution in [2.45, 2.75) is 47.1 Å². The normalized spacial score (nSPS) is 15.5. The number of nitrogens with zero attached hydrogens (tertiary/aromatic N) is 2. The minimum atomic E-state index is 0.645. The molecule has 0 spiro atoms. The standard InChI is InChI=1S/C16H37N3/c1-8-9-17-12-15(4)16(5)19(13-14(2)3)11-10-18(6)7/h14-17H,8-13H2,1-7H3. The van der Waals surface area contributed by atoms with E-state index in [1.165, 1.54) is 19.5 Å². The first kappa shape index (κ1) is 18.9. The van der Waals surface area contributed by atoms with Gasteiger partial charge in [0.1, 0.15) is 0 Å². The molecular formula is C16H37N3. The number of nitrogens with one attached hydrogen (secondary N) is 1. The zero-order valence-corrected chi connectivity index (χ0v) is 14.4. The Bertz CT molecular complexity index is 204. The molecule has 3 heteroatoms. The number of hydrogen-bond acceptors (Lipinski definition) is 3. The molecular weight excluding hydrogens is 234 g/mol. The lowest BCUT2D eigenvalue weighted by Crippen LogP contribution is -2.45. The van der Waals surface area contributed by atoms with Gasteiger partial charge >= 0.3 is 0 Å². The van der Waals surface area contributed by atoms with Crippen LogP contribution in [0, 0.1) is 11.8 Å². The van der Waals surface area contributed by atoms with Crippen LogP contribution in [0.1, 0.15) is 41.0 Å². The molecule has 0 fully saturated rings. The predicted molar refractivity (Wildman–Crippen MR) is 86.8 cm³/mol. The summed E-state index contributed by atoms with van der Waals surface area (Å²) in [6, 6.07) is 0.645. The number of likely N-dealkylation sites (N-methyl/N-ethyl adjacent to an activating group) is 1. The van der Waals surface area contributed by atoms with E-state index in [1.807, 2.05) is 0 Å². The maximum Gasteiger partial charge on any atom is 0.0112 e. The maximum atomic E-state index is 3.55. The Morgan fingerprint density at radius 1 is 1.00 bits per heavy atom. The van der Waals surface area contributed by atoms with Crippen molar-refractivity contribution in [1.29, 1.82) is 0 Å². The van der Waals surface area contributed by atoms with E-state index in [1.54, 1.807) is 0 Å². The first-order valence-electron chi connectivity index (χ1n) is 7.97. The molecule has 2 atom stereocenters. The van der Waals surface area contributed by atoms with Crippen molar-refractivity contribution in [1.82, 2.24) is 15.1 Å². The van der Waals surface area contributed by atoms with Gasteiger partial charge in [0.15, 0.2) is 0 Å². The molecule has 2 unspecified atom stereocenters. The zero-order valence-electron chi connectivity index (χ0n) is 14.4. The molecule has 0 heterocycles. The summed E-state index contributed by atoms with van der Waals surface area (Å²) in [4.78, 5) is 4.93. The maximum absolute atomic E-state index is 3.55. The Morgan fingerprint density at radius 3 is 2.11 bits per heavy atom. The van der Waals surface area contributed by atoms with Crippen molar-refractivity contribution >= 4 is 0 Å². The Balaban J connectivity index is 4.29. The second-order valence-electron chi connectivity index (χ2n) is 6.61. The van der Waals surface area contributed by atoms with Gasteiger partial charge in [0.05, 0.1) is 0 Å². The topological polar surface area (TPSA) is 18.5 Å². The molecule has 0 saturated carbocycles.